The number of amides is 1. The molecule has 2 aliphatic rings. The summed E-state index contributed by atoms with van der Waals surface area (Å²) in [7, 11) is -3.95. The highest BCUT2D eigenvalue weighted by Gasteiger charge is 2.31. The number of hydrogen-bond donors (Lipinski definition) is 2. The third-order valence-corrected chi connectivity index (χ3v) is 8.06. The van der Waals surface area contributed by atoms with E-state index in [4.69, 9.17) is 9.88 Å². The van der Waals surface area contributed by atoms with Crippen molar-refractivity contribution in [3.63, 3.8) is 0 Å². The SMILES string of the molecule is CCN1CCCC1CNC(=O)c1cc(S(N)(=O)=O)cc2c1OC(CSc1ccccc1)C2.Cl. The van der Waals surface area contributed by atoms with Gasteiger partial charge in [-0.05, 0) is 50.2 Å². The zero-order valence-corrected chi connectivity index (χ0v) is 21.0. The normalized spacial score (nSPS) is 20.1. The van der Waals surface area contributed by atoms with Crippen molar-refractivity contribution in [3.8, 4) is 5.75 Å². The van der Waals surface area contributed by atoms with E-state index in [1.807, 2.05) is 30.3 Å². The molecule has 2 atom stereocenters. The van der Waals surface area contributed by atoms with Gasteiger partial charge in [-0.2, -0.15) is 0 Å². The lowest BCUT2D eigenvalue weighted by Gasteiger charge is -2.23. The predicted octanol–water partition coefficient (Wildman–Crippen LogP) is 3.07. The van der Waals surface area contributed by atoms with Crippen LogP contribution in [0.5, 0.6) is 5.75 Å². The number of ether oxygens (including phenoxy) is 1. The first-order valence-corrected chi connectivity index (χ1v) is 13.4. The van der Waals surface area contributed by atoms with Gasteiger partial charge in [0, 0.05) is 35.2 Å². The Hall–Kier alpha value is -1.78. The predicted molar refractivity (Wildman–Crippen MR) is 133 cm³/mol. The number of primary sulfonamides is 1. The van der Waals surface area contributed by atoms with E-state index in [1.165, 1.54) is 12.1 Å². The van der Waals surface area contributed by atoms with Gasteiger partial charge in [0.25, 0.3) is 5.91 Å². The maximum absolute atomic E-state index is 13.1. The van der Waals surface area contributed by atoms with Gasteiger partial charge in [0.05, 0.1) is 10.5 Å². The van der Waals surface area contributed by atoms with E-state index in [2.05, 4.69) is 17.1 Å². The van der Waals surface area contributed by atoms with Crippen molar-refractivity contribution in [2.75, 3.05) is 25.4 Å². The van der Waals surface area contributed by atoms with Crippen LogP contribution < -0.4 is 15.2 Å². The van der Waals surface area contributed by atoms with E-state index in [0.717, 1.165) is 30.8 Å². The summed E-state index contributed by atoms with van der Waals surface area (Å²) in [4.78, 5) is 16.5. The Bertz CT molecular complexity index is 1080. The monoisotopic (exact) mass is 511 g/mol. The van der Waals surface area contributed by atoms with Gasteiger partial charge in [0.15, 0.2) is 0 Å². The molecular formula is C23H30ClN3O4S2. The molecule has 0 aliphatic carbocycles. The van der Waals surface area contributed by atoms with Crippen molar-refractivity contribution in [1.82, 2.24) is 10.2 Å². The molecule has 2 aromatic carbocycles. The van der Waals surface area contributed by atoms with Crippen molar-refractivity contribution in [2.24, 2.45) is 5.14 Å². The number of likely N-dealkylation sites (N-methyl/N-ethyl adjacent to an activating group) is 1. The van der Waals surface area contributed by atoms with Gasteiger partial charge in [-0.25, -0.2) is 13.6 Å². The van der Waals surface area contributed by atoms with Crippen LogP contribution in [0, 0.1) is 0 Å². The van der Waals surface area contributed by atoms with Gasteiger partial charge in [0.1, 0.15) is 11.9 Å². The third kappa shape index (κ3) is 6.22. The van der Waals surface area contributed by atoms with E-state index in [9.17, 15) is 13.2 Å². The van der Waals surface area contributed by atoms with Gasteiger partial charge in [-0.3, -0.25) is 9.69 Å². The molecule has 33 heavy (non-hydrogen) atoms. The number of nitrogens with two attached hydrogens (primary N) is 1. The minimum Gasteiger partial charge on any atom is -0.488 e. The average Bonchev–Trinajstić information content (AvgIpc) is 3.41. The summed E-state index contributed by atoms with van der Waals surface area (Å²) >= 11 is 1.67. The van der Waals surface area contributed by atoms with Crippen LogP contribution in [0.25, 0.3) is 0 Å². The van der Waals surface area contributed by atoms with Crippen LogP contribution in [0.4, 0.5) is 0 Å². The lowest BCUT2D eigenvalue weighted by atomic mass is 10.1. The zero-order chi connectivity index (χ0) is 22.7. The van der Waals surface area contributed by atoms with Gasteiger partial charge in [-0.15, -0.1) is 24.2 Å². The number of carbonyl (C=O) groups excluding carboxylic acids is 1. The lowest BCUT2D eigenvalue weighted by molar-refractivity contribution is 0.0936. The second-order valence-corrected chi connectivity index (χ2v) is 10.9. The summed E-state index contributed by atoms with van der Waals surface area (Å²) in [5.74, 6) is 0.830. The number of benzene rings is 2. The summed E-state index contributed by atoms with van der Waals surface area (Å²) in [5, 5.41) is 8.37. The number of hydrogen-bond acceptors (Lipinski definition) is 6. The van der Waals surface area contributed by atoms with Crippen LogP contribution >= 0.6 is 24.2 Å². The number of likely N-dealkylation sites (tertiary alicyclic amines) is 1. The van der Waals surface area contributed by atoms with Crippen molar-refractivity contribution in [3.05, 3.63) is 53.6 Å². The number of carbonyl (C=O) groups is 1. The molecule has 4 rings (SSSR count). The second-order valence-electron chi connectivity index (χ2n) is 8.21. The third-order valence-electron chi connectivity index (χ3n) is 6.03. The average molecular weight is 512 g/mol. The Balaban J connectivity index is 0.00000306. The first-order chi connectivity index (χ1) is 15.3. The number of nitrogens with zero attached hydrogens (tertiary/aromatic N) is 1. The lowest BCUT2D eigenvalue weighted by Crippen LogP contribution is -2.40. The van der Waals surface area contributed by atoms with E-state index < -0.39 is 10.0 Å². The minimum absolute atomic E-state index is 0. The van der Waals surface area contributed by atoms with Crippen LogP contribution in [-0.4, -0.2) is 56.8 Å². The van der Waals surface area contributed by atoms with E-state index in [1.54, 1.807) is 11.8 Å². The Morgan fingerprint density at radius 1 is 1.27 bits per heavy atom. The fourth-order valence-corrected chi connectivity index (χ4v) is 5.89. The van der Waals surface area contributed by atoms with Crippen LogP contribution in [0.15, 0.2) is 52.3 Å². The summed E-state index contributed by atoms with van der Waals surface area (Å²) in [5.41, 5.74) is 0.941. The topological polar surface area (TPSA) is 102 Å². The van der Waals surface area contributed by atoms with Crippen molar-refractivity contribution >= 4 is 40.1 Å². The molecule has 1 amide bonds. The van der Waals surface area contributed by atoms with Crippen LogP contribution in [0.1, 0.15) is 35.7 Å². The molecule has 0 bridgehead atoms. The van der Waals surface area contributed by atoms with Gasteiger partial charge >= 0.3 is 0 Å². The largest absolute Gasteiger partial charge is 0.488 e. The molecule has 1 fully saturated rings. The summed E-state index contributed by atoms with van der Waals surface area (Å²) in [6, 6.07) is 13.2. The Morgan fingerprint density at radius 2 is 2.03 bits per heavy atom. The van der Waals surface area contributed by atoms with Crippen LogP contribution in [0.2, 0.25) is 0 Å². The van der Waals surface area contributed by atoms with Crippen LogP contribution in [0.3, 0.4) is 0 Å². The molecule has 0 aromatic heterocycles. The van der Waals surface area contributed by atoms with E-state index in [0.29, 0.717) is 36.1 Å². The smallest absolute Gasteiger partial charge is 0.255 e. The standard InChI is InChI=1S/C23H29N3O4S2.ClH/c1-2-26-10-6-7-17(26)14-25-23(27)21-13-20(32(24,28)29)12-16-11-18(30-22(16)21)15-31-19-8-4-3-5-9-19;/h3-5,8-9,12-13,17-18H,2,6-7,10-11,14-15H2,1H3,(H,25,27)(H2,24,28,29);1H. The van der Waals surface area contributed by atoms with E-state index >= 15 is 0 Å². The molecular weight excluding hydrogens is 482 g/mol. The first-order valence-electron chi connectivity index (χ1n) is 10.9. The number of fused-ring (bicyclic) bond motifs is 1. The molecule has 0 radical (unpaired) electrons. The molecule has 2 unspecified atom stereocenters. The molecule has 10 heteroatoms. The molecule has 3 N–H and O–H groups in total. The second kappa shape index (κ2) is 11.1. The molecule has 1 saturated heterocycles. The van der Waals surface area contributed by atoms with Crippen molar-refractivity contribution < 1.29 is 17.9 Å². The Morgan fingerprint density at radius 3 is 2.73 bits per heavy atom. The van der Waals surface area contributed by atoms with Gasteiger partial charge in [-0.1, -0.05) is 25.1 Å². The molecule has 0 spiro atoms. The first kappa shape index (κ1) is 25.8. The van der Waals surface area contributed by atoms with Crippen molar-refractivity contribution in [1.29, 1.82) is 0 Å². The maximum atomic E-state index is 13.1. The fourth-order valence-electron chi connectivity index (χ4n) is 4.38. The highest BCUT2D eigenvalue weighted by Crippen LogP contribution is 2.36. The van der Waals surface area contributed by atoms with Gasteiger partial charge < -0.3 is 10.1 Å². The zero-order valence-electron chi connectivity index (χ0n) is 18.5. The molecule has 2 heterocycles. The summed E-state index contributed by atoms with van der Waals surface area (Å²) < 4.78 is 30.2. The highest BCUT2D eigenvalue weighted by atomic mass is 35.5. The molecule has 2 aliphatic heterocycles. The number of rotatable bonds is 8. The van der Waals surface area contributed by atoms with Crippen molar-refractivity contribution in [2.45, 2.75) is 48.1 Å². The minimum atomic E-state index is -3.95. The van der Waals surface area contributed by atoms with E-state index in [-0.39, 0.29) is 34.9 Å². The molecule has 2 aromatic rings. The summed E-state index contributed by atoms with van der Waals surface area (Å²) in [6.07, 6.45) is 2.54. The number of thioether (sulfide) groups is 1. The molecule has 0 saturated carbocycles. The highest BCUT2D eigenvalue weighted by molar-refractivity contribution is 7.99. The molecule has 7 nitrogen and oxygen atoms in total. The van der Waals surface area contributed by atoms with Gasteiger partial charge in [0.2, 0.25) is 10.0 Å². The Labute approximate surface area is 205 Å². The quantitative estimate of drug-likeness (QED) is 0.528. The maximum Gasteiger partial charge on any atom is 0.255 e. The fraction of sp³-hybridized carbons (Fsp3) is 0.435. The summed E-state index contributed by atoms with van der Waals surface area (Å²) in [6.45, 7) is 4.62. The van der Waals surface area contributed by atoms with Crippen LogP contribution in [-0.2, 0) is 16.4 Å². The number of nitrogens with one attached hydrogen (secondary N) is 1. The number of halogens is 1. The number of sulfonamides is 1. The molecule has 180 valence electrons. The Kier molecular flexibility index (Phi) is 8.69.